The molecule has 2 fully saturated rings. The highest BCUT2D eigenvalue weighted by Gasteiger charge is 2.39. The first kappa shape index (κ1) is 18.9. The second-order valence-corrected chi connectivity index (χ2v) is 7.86. The van der Waals surface area contributed by atoms with Crippen LogP contribution in [0.3, 0.4) is 0 Å². The van der Waals surface area contributed by atoms with E-state index in [2.05, 4.69) is 28.9 Å². The van der Waals surface area contributed by atoms with Gasteiger partial charge in [0.25, 0.3) is 0 Å². The van der Waals surface area contributed by atoms with E-state index < -0.39 is 0 Å². The van der Waals surface area contributed by atoms with Crippen LogP contribution in [0.5, 0.6) is 0 Å². The van der Waals surface area contributed by atoms with E-state index in [1.54, 1.807) is 0 Å². The molecule has 142 valence electrons. The smallest absolute Gasteiger partial charge is 0.107 e. The molecule has 0 bridgehead atoms. The minimum Gasteiger partial charge on any atom is -0.466 e. The van der Waals surface area contributed by atoms with Crippen molar-refractivity contribution in [3.05, 3.63) is 23.7 Å². The maximum Gasteiger partial charge on any atom is 0.107 e. The fourth-order valence-electron chi connectivity index (χ4n) is 4.13. The summed E-state index contributed by atoms with van der Waals surface area (Å²) in [4.78, 5) is 5.05. The van der Waals surface area contributed by atoms with Crippen molar-refractivity contribution >= 4 is 0 Å². The van der Waals surface area contributed by atoms with Gasteiger partial charge in [0, 0.05) is 45.2 Å². The first-order valence-electron chi connectivity index (χ1n) is 9.86. The number of furan rings is 1. The van der Waals surface area contributed by atoms with Gasteiger partial charge < -0.3 is 19.2 Å². The molecule has 1 atom stereocenters. The first-order chi connectivity index (χ1) is 12.1. The lowest BCUT2D eigenvalue weighted by molar-refractivity contribution is -0.136. The van der Waals surface area contributed by atoms with Gasteiger partial charge in [0.05, 0.1) is 12.2 Å². The van der Waals surface area contributed by atoms with Crippen LogP contribution in [0.25, 0.3) is 0 Å². The highest BCUT2D eigenvalue weighted by atomic mass is 16.5. The Kier molecular flexibility index (Phi) is 6.55. The van der Waals surface area contributed by atoms with Crippen LogP contribution in [0.4, 0.5) is 0 Å². The molecule has 3 rings (SSSR count). The number of hydrogen-bond donors (Lipinski definition) is 1. The van der Waals surface area contributed by atoms with Crippen molar-refractivity contribution in [1.82, 2.24) is 9.80 Å². The van der Waals surface area contributed by atoms with Gasteiger partial charge in [-0.1, -0.05) is 6.92 Å². The molecule has 3 heterocycles. The Morgan fingerprint density at radius 3 is 2.64 bits per heavy atom. The third kappa shape index (κ3) is 5.07. The molecule has 0 amide bonds. The highest BCUT2D eigenvalue weighted by Crippen LogP contribution is 2.31. The van der Waals surface area contributed by atoms with Crippen LogP contribution in [0.2, 0.25) is 0 Å². The van der Waals surface area contributed by atoms with Gasteiger partial charge in [-0.2, -0.15) is 0 Å². The van der Waals surface area contributed by atoms with Crippen molar-refractivity contribution in [3.63, 3.8) is 0 Å². The summed E-state index contributed by atoms with van der Waals surface area (Å²) in [5.74, 6) is 2.57. The molecule has 0 radical (unpaired) electrons. The van der Waals surface area contributed by atoms with E-state index in [1.165, 1.54) is 0 Å². The molecule has 2 saturated heterocycles. The summed E-state index contributed by atoms with van der Waals surface area (Å²) in [7, 11) is 0. The number of aliphatic hydroxyl groups excluding tert-OH is 1. The summed E-state index contributed by atoms with van der Waals surface area (Å²) in [6.45, 7) is 11.8. The number of aliphatic hydroxyl groups is 1. The third-order valence-corrected chi connectivity index (χ3v) is 5.85. The molecular weight excluding hydrogens is 316 g/mol. The lowest BCUT2D eigenvalue weighted by Gasteiger charge is -2.47. The Hall–Kier alpha value is -0.880. The Morgan fingerprint density at radius 2 is 1.96 bits per heavy atom. The standard InChI is InChI=1S/C20H34N2O3/c1-17(19-5-4-18(2)25-19)6-10-22-13-15-24-20(16-22)7-11-21(12-8-20)9-3-14-23/h4-5,17,23H,3,6-16H2,1-2H3. The second-order valence-electron chi connectivity index (χ2n) is 7.86. The van der Waals surface area contributed by atoms with Crippen molar-refractivity contribution < 1.29 is 14.3 Å². The van der Waals surface area contributed by atoms with E-state index in [4.69, 9.17) is 14.3 Å². The number of piperidine rings is 1. The molecule has 5 heteroatoms. The van der Waals surface area contributed by atoms with E-state index in [0.717, 1.165) is 83.1 Å². The van der Waals surface area contributed by atoms with Gasteiger partial charge in [0.1, 0.15) is 11.5 Å². The van der Waals surface area contributed by atoms with Crippen molar-refractivity contribution in [1.29, 1.82) is 0 Å². The summed E-state index contributed by atoms with van der Waals surface area (Å²) in [5, 5.41) is 9.00. The largest absolute Gasteiger partial charge is 0.466 e. The highest BCUT2D eigenvalue weighted by molar-refractivity contribution is 5.09. The number of morpholine rings is 1. The van der Waals surface area contributed by atoms with E-state index in [1.807, 2.05) is 6.92 Å². The van der Waals surface area contributed by atoms with Gasteiger partial charge in [-0.15, -0.1) is 0 Å². The fourth-order valence-corrected chi connectivity index (χ4v) is 4.13. The monoisotopic (exact) mass is 350 g/mol. The topological polar surface area (TPSA) is 49.1 Å². The van der Waals surface area contributed by atoms with Crippen LogP contribution in [0.1, 0.15) is 50.0 Å². The van der Waals surface area contributed by atoms with Gasteiger partial charge >= 0.3 is 0 Å². The zero-order valence-electron chi connectivity index (χ0n) is 15.9. The molecule has 5 nitrogen and oxygen atoms in total. The maximum absolute atomic E-state index is 9.00. The van der Waals surface area contributed by atoms with Crippen LogP contribution >= 0.6 is 0 Å². The quantitative estimate of drug-likeness (QED) is 0.819. The average Bonchev–Trinajstić information content (AvgIpc) is 3.06. The number of nitrogens with zero attached hydrogens (tertiary/aromatic N) is 2. The molecule has 1 aromatic rings. The van der Waals surface area contributed by atoms with Crippen molar-refractivity contribution in [2.24, 2.45) is 0 Å². The summed E-state index contributed by atoms with van der Waals surface area (Å²) in [6.07, 6.45) is 4.24. The summed E-state index contributed by atoms with van der Waals surface area (Å²) in [6, 6.07) is 4.17. The van der Waals surface area contributed by atoms with Gasteiger partial charge in [-0.25, -0.2) is 0 Å². The van der Waals surface area contributed by atoms with Crippen LogP contribution in [0, 0.1) is 6.92 Å². The Labute approximate surface area is 151 Å². The first-order valence-corrected chi connectivity index (χ1v) is 9.86. The SMILES string of the molecule is Cc1ccc(C(C)CCN2CCOC3(CCN(CCCO)CC3)C2)o1. The Morgan fingerprint density at radius 1 is 1.16 bits per heavy atom. The lowest BCUT2D eigenvalue weighted by atomic mass is 9.89. The van der Waals surface area contributed by atoms with Gasteiger partial charge in [-0.05, 0) is 51.3 Å². The Balaban J connectivity index is 1.45. The molecule has 2 aliphatic rings. The van der Waals surface area contributed by atoms with Crippen LogP contribution in [0.15, 0.2) is 16.5 Å². The molecule has 25 heavy (non-hydrogen) atoms. The minimum absolute atomic E-state index is 0.0540. The summed E-state index contributed by atoms with van der Waals surface area (Å²) < 4.78 is 12.0. The molecule has 1 aromatic heterocycles. The Bertz CT molecular complexity index is 523. The van der Waals surface area contributed by atoms with E-state index >= 15 is 0 Å². The minimum atomic E-state index is 0.0540. The van der Waals surface area contributed by atoms with Crippen molar-refractivity contribution in [2.75, 3.05) is 52.5 Å². The van der Waals surface area contributed by atoms with E-state index in [9.17, 15) is 0 Å². The van der Waals surface area contributed by atoms with Gasteiger partial charge in [0.15, 0.2) is 0 Å². The normalized spacial score (nSPS) is 23.2. The summed E-state index contributed by atoms with van der Waals surface area (Å²) >= 11 is 0. The fraction of sp³-hybridized carbons (Fsp3) is 0.800. The summed E-state index contributed by atoms with van der Waals surface area (Å²) in [5.41, 5.74) is 0.0540. The lowest BCUT2D eigenvalue weighted by Crippen LogP contribution is -2.57. The maximum atomic E-state index is 9.00. The number of rotatable bonds is 7. The molecule has 0 aliphatic carbocycles. The van der Waals surface area contributed by atoms with E-state index in [-0.39, 0.29) is 5.60 Å². The zero-order chi connectivity index (χ0) is 17.7. The third-order valence-electron chi connectivity index (χ3n) is 5.85. The molecule has 0 aromatic carbocycles. The molecule has 2 aliphatic heterocycles. The average molecular weight is 351 g/mol. The molecule has 1 spiro atoms. The van der Waals surface area contributed by atoms with Crippen molar-refractivity contribution in [2.45, 2.75) is 51.0 Å². The second kappa shape index (κ2) is 8.67. The van der Waals surface area contributed by atoms with Crippen LogP contribution in [-0.2, 0) is 4.74 Å². The van der Waals surface area contributed by atoms with Crippen molar-refractivity contribution in [3.8, 4) is 0 Å². The van der Waals surface area contributed by atoms with Crippen LogP contribution < -0.4 is 0 Å². The predicted octanol–water partition coefficient (Wildman–Crippen LogP) is 2.63. The van der Waals surface area contributed by atoms with E-state index in [0.29, 0.717) is 12.5 Å². The van der Waals surface area contributed by atoms with Crippen LogP contribution in [-0.4, -0.2) is 73.0 Å². The molecule has 1 unspecified atom stereocenters. The number of ether oxygens (including phenoxy) is 1. The zero-order valence-corrected chi connectivity index (χ0v) is 15.9. The molecule has 1 N–H and O–H groups in total. The number of aryl methyl sites for hydroxylation is 1. The molecule has 0 saturated carbocycles. The van der Waals surface area contributed by atoms with Gasteiger partial charge in [0.2, 0.25) is 0 Å². The van der Waals surface area contributed by atoms with Gasteiger partial charge in [-0.3, -0.25) is 4.90 Å². The molecular formula is C20H34N2O3. The number of likely N-dealkylation sites (tertiary alicyclic amines) is 1. The number of hydrogen-bond acceptors (Lipinski definition) is 5. The predicted molar refractivity (Wildman–Crippen MR) is 99.0 cm³/mol.